The van der Waals surface area contributed by atoms with E-state index in [0.29, 0.717) is 13.2 Å². The molecule has 0 spiro atoms. The fourth-order valence-electron chi connectivity index (χ4n) is 3.73. The predicted molar refractivity (Wildman–Crippen MR) is 143 cm³/mol. The Morgan fingerprint density at radius 1 is 0.848 bits per heavy atom. The fraction of sp³-hybridized carbons (Fsp3) is 0.571. The van der Waals surface area contributed by atoms with Crippen molar-refractivity contribution in [2.24, 2.45) is 0 Å². The molecular weight excluding hydrogens is 476 g/mol. The summed E-state index contributed by atoms with van der Waals surface area (Å²) in [5, 5.41) is 3.60. The summed E-state index contributed by atoms with van der Waals surface area (Å²) in [6, 6.07) is 12.7. The number of halogens is 1. The SMILES string of the molecule is CCCCN(CCCC)CCCNCc1cc(Br)c(OCc2ccc(C)cc2)c(OCC)c1. The van der Waals surface area contributed by atoms with E-state index in [1.54, 1.807) is 0 Å². The lowest BCUT2D eigenvalue weighted by molar-refractivity contribution is 0.261. The number of benzene rings is 2. The molecule has 0 aliphatic rings. The van der Waals surface area contributed by atoms with Gasteiger partial charge in [0.1, 0.15) is 6.61 Å². The van der Waals surface area contributed by atoms with Crippen molar-refractivity contribution in [1.29, 1.82) is 0 Å². The molecule has 0 aliphatic heterocycles. The van der Waals surface area contributed by atoms with Crippen molar-refractivity contribution >= 4 is 15.9 Å². The smallest absolute Gasteiger partial charge is 0.175 e. The number of nitrogens with zero attached hydrogens (tertiary/aromatic N) is 1. The molecule has 0 aromatic heterocycles. The molecule has 0 unspecified atom stereocenters. The van der Waals surface area contributed by atoms with Gasteiger partial charge in [0.2, 0.25) is 0 Å². The minimum atomic E-state index is 0.517. The largest absolute Gasteiger partial charge is 0.490 e. The van der Waals surface area contributed by atoms with Crippen LogP contribution in [0.2, 0.25) is 0 Å². The Balaban J connectivity index is 1.87. The molecule has 0 fully saturated rings. The number of unbranched alkanes of at least 4 members (excludes halogenated alkanes) is 2. The van der Waals surface area contributed by atoms with E-state index in [-0.39, 0.29) is 0 Å². The summed E-state index contributed by atoms with van der Waals surface area (Å²) >= 11 is 3.70. The monoisotopic (exact) mass is 518 g/mol. The van der Waals surface area contributed by atoms with Crippen molar-refractivity contribution in [1.82, 2.24) is 10.2 Å². The van der Waals surface area contributed by atoms with Gasteiger partial charge in [-0.05, 0) is 98.5 Å². The molecule has 33 heavy (non-hydrogen) atoms. The van der Waals surface area contributed by atoms with Crippen LogP contribution >= 0.6 is 15.9 Å². The summed E-state index contributed by atoms with van der Waals surface area (Å²) in [4.78, 5) is 2.62. The Hall–Kier alpha value is -1.56. The van der Waals surface area contributed by atoms with Gasteiger partial charge in [-0.2, -0.15) is 0 Å². The number of hydrogen-bond acceptors (Lipinski definition) is 4. The standard InChI is InChI=1S/C28H43BrN2O2/c1-5-8-16-31(17-9-6-2)18-10-15-30-21-25-19-26(29)28(27(20-25)32-7-3)33-22-24-13-11-23(4)12-14-24/h11-14,19-20,30H,5-10,15-18,21-22H2,1-4H3. The van der Waals surface area contributed by atoms with Gasteiger partial charge >= 0.3 is 0 Å². The van der Waals surface area contributed by atoms with E-state index in [1.807, 2.05) is 6.92 Å². The Bertz CT molecular complexity index is 787. The molecule has 4 nitrogen and oxygen atoms in total. The molecule has 184 valence electrons. The summed E-state index contributed by atoms with van der Waals surface area (Å²) in [5.74, 6) is 1.56. The average molecular weight is 520 g/mol. The van der Waals surface area contributed by atoms with Crippen molar-refractivity contribution in [2.45, 2.75) is 73.0 Å². The van der Waals surface area contributed by atoms with Crippen LogP contribution in [0.25, 0.3) is 0 Å². The van der Waals surface area contributed by atoms with Crippen LogP contribution in [0.4, 0.5) is 0 Å². The van der Waals surface area contributed by atoms with Gasteiger partial charge in [0.15, 0.2) is 11.5 Å². The van der Waals surface area contributed by atoms with Crippen molar-refractivity contribution in [3.8, 4) is 11.5 Å². The third-order valence-corrected chi connectivity index (χ3v) is 6.27. The first kappa shape index (κ1) is 27.7. The third-order valence-electron chi connectivity index (χ3n) is 5.69. The van der Waals surface area contributed by atoms with E-state index >= 15 is 0 Å². The van der Waals surface area contributed by atoms with Crippen LogP contribution < -0.4 is 14.8 Å². The molecule has 0 amide bonds. The highest BCUT2D eigenvalue weighted by Crippen LogP contribution is 2.37. The molecule has 0 saturated carbocycles. The zero-order valence-electron chi connectivity index (χ0n) is 21.1. The van der Waals surface area contributed by atoms with E-state index in [9.17, 15) is 0 Å². The number of ether oxygens (including phenoxy) is 2. The first-order chi connectivity index (χ1) is 16.1. The maximum atomic E-state index is 6.14. The lowest BCUT2D eigenvalue weighted by atomic mass is 10.1. The number of rotatable bonds is 17. The molecule has 1 N–H and O–H groups in total. The zero-order valence-corrected chi connectivity index (χ0v) is 22.7. The van der Waals surface area contributed by atoms with Crippen LogP contribution in [0.3, 0.4) is 0 Å². The molecule has 0 atom stereocenters. The van der Waals surface area contributed by atoms with E-state index < -0.39 is 0 Å². The molecule has 0 heterocycles. The van der Waals surface area contributed by atoms with Gasteiger partial charge in [-0.3, -0.25) is 0 Å². The van der Waals surface area contributed by atoms with Gasteiger partial charge < -0.3 is 19.7 Å². The van der Waals surface area contributed by atoms with E-state index in [4.69, 9.17) is 9.47 Å². The molecule has 0 saturated heterocycles. The molecular formula is C28H43BrN2O2. The Morgan fingerprint density at radius 2 is 1.52 bits per heavy atom. The molecule has 0 radical (unpaired) electrons. The number of aryl methyl sites for hydroxylation is 1. The summed E-state index contributed by atoms with van der Waals surface area (Å²) in [5.41, 5.74) is 3.59. The van der Waals surface area contributed by atoms with Gasteiger partial charge in [0, 0.05) is 6.54 Å². The number of nitrogens with one attached hydrogen (secondary N) is 1. The van der Waals surface area contributed by atoms with Gasteiger partial charge in [-0.25, -0.2) is 0 Å². The lowest BCUT2D eigenvalue weighted by Crippen LogP contribution is -2.29. The highest BCUT2D eigenvalue weighted by atomic mass is 79.9. The minimum Gasteiger partial charge on any atom is -0.490 e. The molecule has 2 rings (SSSR count). The molecule has 5 heteroatoms. The first-order valence-corrected chi connectivity index (χ1v) is 13.4. The van der Waals surface area contributed by atoms with Crippen molar-refractivity contribution in [2.75, 3.05) is 32.8 Å². The average Bonchev–Trinajstić information content (AvgIpc) is 2.81. The predicted octanol–water partition coefficient (Wildman–Crippen LogP) is 7.12. The number of hydrogen-bond donors (Lipinski definition) is 1. The van der Waals surface area contributed by atoms with Crippen molar-refractivity contribution < 1.29 is 9.47 Å². The summed E-state index contributed by atoms with van der Waals surface area (Å²) in [6.45, 7) is 15.2. The molecule has 0 aliphatic carbocycles. The second-order valence-electron chi connectivity index (χ2n) is 8.69. The Kier molecular flexibility index (Phi) is 13.5. The van der Waals surface area contributed by atoms with Gasteiger partial charge in [0.05, 0.1) is 11.1 Å². The summed E-state index contributed by atoms with van der Waals surface area (Å²) in [7, 11) is 0. The topological polar surface area (TPSA) is 33.7 Å². The van der Waals surface area contributed by atoms with Crippen molar-refractivity contribution in [3.63, 3.8) is 0 Å². The van der Waals surface area contributed by atoms with Crippen LogP contribution in [-0.2, 0) is 13.2 Å². The highest BCUT2D eigenvalue weighted by molar-refractivity contribution is 9.10. The normalized spacial score (nSPS) is 11.2. The Morgan fingerprint density at radius 3 is 2.15 bits per heavy atom. The highest BCUT2D eigenvalue weighted by Gasteiger charge is 2.13. The minimum absolute atomic E-state index is 0.517. The first-order valence-electron chi connectivity index (χ1n) is 12.6. The van der Waals surface area contributed by atoms with Crippen LogP contribution in [-0.4, -0.2) is 37.7 Å². The molecule has 0 bridgehead atoms. The second kappa shape index (κ2) is 16.1. The van der Waals surface area contributed by atoms with E-state index in [2.05, 4.69) is 83.3 Å². The maximum Gasteiger partial charge on any atom is 0.175 e. The van der Waals surface area contributed by atoms with Crippen molar-refractivity contribution in [3.05, 3.63) is 57.6 Å². The second-order valence-corrected chi connectivity index (χ2v) is 9.55. The van der Waals surface area contributed by atoms with Crippen LogP contribution in [0.15, 0.2) is 40.9 Å². The quantitative estimate of drug-likeness (QED) is 0.226. The van der Waals surface area contributed by atoms with Gasteiger partial charge in [0.25, 0.3) is 0 Å². The van der Waals surface area contributed by atoms with Gasteiger partial charge in [-0.1, -0.05) is 56.5 Å². The van der Waals surface area contributed by atoms with Crippen LogP contribution in [0.1, 0.15) is 69.6 Å². The van der Waals surface area contributed by atoms with Crippen LogP contribution in [0.5, 0.6) is 11.5 Å². The summed E-state index contributed by atoms with van der Waals surface area (Å²) in [6.07, 6.45) is 6.30. The van der Waals surface area contributed by atoms with Crippen LogP contribution in [0, 0.1) is 6.92 Å². The lowest BCUT2D eigenvalue weighted by Gasteiger charge is -2.22. The van der Waals surface area contributed by atoms with Gasteiger partial charge in [-0.15, -0.1) is 0 Å². The molecule has 2 aromatic rings. The maximum absolute atomic E-state index is 6.14. The summed E-state index contributed by atoms with van der Waals surface area (Å²) < 4.78 is 13.0. The fourth-order valence-corrected chi connectivity index (χ4v) is 4.33. The molecule has 2 aromatic carbocycles. The third kappa shape index (κ3) is 10.5. The Labute approximate surface area is 210 Å². The van der Waals surface area contributed by atoms with E-state index in [1.165, 1.54) is 62.9 Å². The van der Waals surface area contributed by atoms with E-state index in [0.717, 1.165) is 34.6 Å². The zero-order chi connectivity index (χ0) is 23.9.